The first-order valence-corrected chi connectivity index (χ1v) is 20.4. The first kappa shape index (κ1) is 37.3. The van der Waals surface area contributed by atoms with Gasteiger partial charge in [-0.3, -0.25) is 24.1 Å². The third-order valence-electron chi connectivity index (χ3n) is 11.6. The Labute approximate surface area is 308 Å². The van der Waals surface area contributed by atoms with Crippen LogP contribution >= 0.6 is 0 Å². The first-order chi connectivity index (χ1) is 25.4. The van der Waals surface area contributed by atoms with Crippen LogP contribution in [0.1, 0.15) is 94.6 Å². The van der Waals surface area contributed by atoms with E-state index in [0.717, 1.165) is 42.8 Å². The van der Waals surface area contributed by atoms with Crippen LogP contribution in [0.15, 0.2) is 30.4 Å². The number of fused-ring (bicyclic) bond motifs is 3. The molecule has 7 rings (SSSR count). The molecule has 4 amide bonds. The Kier molecular flexibility index (Phi) is 10.8. The van der Waals surface area contributed by atoms with Crippen molar-refractivity contribution in [2.75, 3.05) is 19.6 Å². The number of carbonyl (C=O) groups is 5. The van der Waals surface area contributed by atoms with Crippen molar-refractivity contribution in [2.45, 2.75) is 120 Å². The second kappa shape index (κ2) is 15.4. The molecule has 0 aromatic heterocycles. The quantitative estimate of drug-likeness (QED) is 0.313. The molecule has 1 aromatic rings. The van der Waals surface area contributed by atoms with Gasteiger partial charge >= 0.3 is 22.3 Å². The van der Waals surface area contributed by atoms with E-state index < -0.39 is 75.3 Å². The summed E-state index contributed by atoms with van der Waals surface area (Å²) in [6, 6.07) is 3.45. The van der Waals surface area contributed by atoms with E-state index in [1.54, 1.807) is 12.1 Å². The van der Waals surface area contributed by atoms with Gasteiger partial charge in [0.15, 0.2) is 0 Å². The highest BCUT2D eigenvalue weighted by molar-refractivity contribution is 7.87. The Morgan fingerprint density at radius 1 is 0.962 bits per heavy atom. The summed E-state index contributed by atoms with van der Waals surface area (Å²) in [6.07, 6.45) is 9.33. The third-order valence-corrected chi connectivity index (χ3v) is 13.1. The number of hydrogen-bond acceptors (Lipinski definition) is 9. The molecule has 4 fully saturated rings. The van der Waals surface area contributed by atoms with E-state index in [1.807, 2.05) is 12.2 Å². The Balaban J connectivity index is 1.12. The monoisotopic (exact) mass is 757 g/mol. The number of esters is 1. The van der Waals surface area contributed by atoms with Crippen molar-refractivity contribution in [3.8, 4) is 0 Å². The number of allylic oxidation sites excluding steroid dienone is 1. The normalized spacial score (nSPS) is 30.1. The number of rotatable bonds is 7. The highest BCUT2D eigenvalue weighted by atomic mass is 32.2. The van der Waals surface area contributed by atoms with E-state index in [9.17, 15) is 36.8 Å². The maximum absolute atomic E-state index is 14.4. The molecule has 5 atom stereocenters. The molecule has 288 valence electrons. The molecular formula is C37H48FN5O9S. The van der Waals surface area contributed by atoms with Gasteiger partial charge in [0.25, 0.3) is 5.91 Å². The largest absolute Gasteiger partial charge is 0.462 e. The number of halogens is 1. The number of ether oxygens (including phenoxy) is 2. The summed E-state index contributed by atoms with van der Waals surface area (Å²) in [4.78, 5) is 71.6. The molecule has 4 heterocycles. The van der Waals surface area contributed by atoms with Crippen LogP contribution in [0.2, 0.25) is 0 Å². The van der Waals surface area contributed by atoms with Gasteiger partial charge in [-0.15, -0.1) is 0 Å². The molecule has 53 heavy (non-hydrogen) atoms. The van der Waals surface area contributed by atoms with Gasteiger partial charge in [-0.1, -0.05) is 37.1 Å². The summed E-state index contributed by atoms with van der Waals surface area (Å²) < 4.78 is 55.1. The number of carbonyl (C=O) groups excluding carboxylic acids is 5. The first-order valence-electron chi connectivity index (χ1n) is 19.0. The van der Waals surface area contributed by atoms with Crippen molar-refractivity contribution < 1.29 is 46.3 Å². The molecule has 1 aromatic carbocycles. The van der Waals surface area contributed by atoms with Gasteiger partial charge in [0.1, 0.15) is 29.6 Å². The van der Waals surface area contributed by atoms with Crippen LogP contribution in [0, 0.1) is 17.7 Å². The molecule has 6 aliphatic rings. The molecule has 2 saturated heterocycles. The molecule has 16 heteroatoms. The molecule has 0 spiro atoms. The summed E-state index contributed by atoms with van der Waals surface area (Å²) in [5.41, 5.74) is -0.501. The molecule has 0 bridgehead atoms. The zero-order chi connectivity index (χ0) is 37.3. The van der Waals surface area contributed by atoms with Crippen LogP contribution in [-0.2, 0) is 52.0 Å². The predicted octanol–water partition coefficient (Wildman–Crippen LogP) is 3.20. The van der Waals surface area contributed by atoms with E-state index in [0.29, 0.717) is 49.9 Å². The summed E-state index contributed by atoms with van der Waals surface area (Å²) in [7, 11) is -4.11. The highest BCUT2D eigenvalue weighted by Gasteiger charge is 2.62. The fraction of sp³-hybridized carbons (Fsp3) is 0.649. The van der Waals surface area contributed by atoms with E-state index in [-0.39, 0.29) is 45.0 Å². The molecule has 2 aliphatic carbocycles. The zero-order valence-corrected chi connectivity index (χ0v) is 30.6. The maximum Gasteiger partial charge on any atom is 0.410 e. The van der Waals surface area contributed by atoms with Gasteiger partial charge in [0.05, 0.1) is 19.5 Å². The third kappa shape index (κ3) is 8.08. The number of amides is 4. The van der Waals surface area contributed by atoms with Crippen molar-refractivity contribution in [2.24, 2.45) is 11.8 Å². The van der Waals surface area contributed by atoms with E-state index in [2.05, 4.69) is 10.0 Å². The topological polar surface area (TPSA) is 172 Å². The molecule has 4 aliphatic heterocycles. The Bertz CT molecular complexity index is 1760. The SMILES string of the molecule is O=C(C[C@H]1CCCCC/C=C\[C@@H]2C[C@@]2(C(=O)NS(=O)(=O)N2CCC2)NC(=O)[C@@H]2C[C@@H](OC(=O)N3Cc4cccc(F)c4C3)CN2C1=O)OC1CCCC1. The van der Waals surface area contributed by atoms with Crippen molar-refractivity contribution >= 4 is 40.0 Å². The fourth-order valence-electron chi connectivity index (χ4n) is 8.27. The van der Waals surface area contributed by atoms with Gasteiger partial charge in [0, 0.05) is 43.5 Å². The maximum atomic E-state index is 14.4. The van der Waals surface area contributed by atoms with Crippen LogP contribution in [0.4, 0.5) is 9.18 Å². The summed E-state index contributed by atoms with van der Waals surface area (Å²) in [5.74, 6) is -4.17. The van der Waals surface area contributed by atoms with Gasteiger partial charge in [-0.05, 0) is 69.4 Å². The minimum atomic E-state index is -4.11. The average Bonchev–Trinajstić information content (AvgIpc) is 3.51. The molecule has 0 radical (unpaired) electrons. The molecular weight excluding hydrogens is 709 g/mol. The van der Waals surface area contributed by atoms with Crippen molar-refractivity contribution in [1.29, 1.82) is 0 Å². The number of benzene rings is 1. The van der Waals surface area contributed by atoms with Crippen LogP contribution in [0.3, 0.4) is 0 Å². The van der Waals surface area contributed by atoms with Crippen molar-refractivity contribution in [3.05, 3.63) is 47.3 Å². The number of nitrogens with one attached hydrogen (secondary N) is 2. The second-order valence-corrected chi connectivity index (χ2v) is 17.0. The molecule has 2 N–H and O–H groups in total. The fourth-order valence-corrected chi connectivity index (χ4v) is 9.55. The van der Waals surface area contributed by atoms with Crippen LogP contribution < -0.4 is 10.0 Å². The minimum Gasteiger partial charge on any atom is -0.462 e. The predicted molar refractivity (Wildman–Crippen MR) is 187 cm³/mol. The van der Waals surface area contributed by atoms with Gasteiger partial charge in [-0.2, -0.15) is 12.7 Å². The van der Waals surface area contributed by atoms with Crippen molar-refractivity contribution in [1.82, 2.24) is 24.1 Å². The number of nitrogens with zero attached hydrogens (tertiary/aromatic N) is 3. The minimum absolute atomic E-state index is 0.0121. The lowest BCUT2D eigenvalue weighted by Gasteiger charge is -2.31. The Morgan fingerprint density at radius 2 is 1.74 bits per heavy atom. The number of hydrogen-bond donors (Lipinski definition) is 2. The lowest BCUT2D eigenvalue weighted by molar-refractivity contribution is -0.154. The lowest BCUT2D eigenvalue weighted by Crippen LogP contribution is -2.59. The average molecular weight is 758 g/mol. The van der Waals surface area contributed by atoms with Crippen LogP contribution in [0.25, 0.3) is 0 Å². The van der Waals surface area contributed by atoms with Crippen LogP contribution in [0.5, 0.6) is 0 Å². The summed E-state index contributed by atoms with van der Waals surface area (Å²) in [6.45, 7) is 0.593. The summed E-state index contributed by atoms with van der Waals surface area (Å²) in [5, 5.41) is 2.81. The van der Waals surface area contributed by atoms with E-state index in [4.69, 9.17) is 9.47 Å². The van der Waals surface area contributed by atoms with Gasteiger partial charge in [0.2, 0.25) is 11.8 Å². The second-order valence-electron chi connectivity index (χ2n) is 15.3. The van der Waals surface area contributed by atoms with Crippen LogP contribution in [-0.4, -0.2) is 95.7 Å². The Morgan fingerprint density at radius 3 is 2.47 bits per heavy atom. The Hall–Kier alpha value is -4.05. The lowest BCUT2D eigenvalue weighted by atomic mass is 9.95. The standard InChI is InChI=1S/C37H48FN5O9S/c38-30-15-8-11-25-21-41(23-29(25)30)36(48)52-28-19-31-33(45)39-37(35(47)40-53(49,50)42-16-9-17-42)20-26(37)12-5-3-1-2-4-10-24(34(46)43(31)22-28)18-32(44)51-27-13-6-7-14-27/h5,8,11-12,15,24,26-28,31H,1-4,6-7,9-10,13-14,16-23H2,(H,39,45)(H,40,47)/b12-5-/t24-,26-,28-,31+,37-/m1/s1. The molecule has 2 saturated carbocycles. The van der Waals surface area contributed by atoms with Gasteiger partial charge in [-0.25, -0.2) is 13.9 Å². The molecule has 14 nitrogen and oxygen atoms in total. The smallest absolute Gasteiger partial charge is 0.410 e. The van der Waals surface area contributed by atoms with Gasteiger partial charge < -0.3 is 19.7 Å². The highest BCUT2D eigenvalue weighted by Crippen LogP contribution is 2.46. The summed E-state index contributed by atoms with van der Waals surface area (Å²) >= 11 is 0. The zero-order valence-electron chi connectivity index (χ0n) is 29.8. The van der Waals surface area contributed by atoms with E-state index in [1.165, 1.54) is 15.9 Å². The molecule has 0 unspecified atom stereocenters. The van der Waals surface area contributed by atoms with E-state index >= 15 is 0 Å². The van der Waals surface area contributed by atoms with Crippen molar-refractivity contribution in [3.63, 3.8) is 0 Å².